The summed E-state index contributed by atoms with van der Waals surface area (Å²) in [6.45, 7) is 7.45. The summed E-state index contributed by atoms with van der Waals surface area (Å²) in [7, 11) is 0. The van der Waals surface area contributed by atoms with Gasteiger partial charge in [0.1, 0.15) is 11.6 Å². The molecule has 0 spiro atoms. The Labute approximate surface area is 113 Å². The van der Waals surface area contributed by atoms with Crippen LogP contribution in [0.25, 0.3) is 10.8 Å². The molecule has 2 heterocycles. The highest BCUT2D eigenvalue weighted by Crippen LogP contribution is 2.28. The molecule has 0 amide bonds. The predicted molar refractivity (Wildman–Crippen MR) is 77.7 cm³/mol. The van der Waals surface area contributed by atoms with Gasteiger partial charge in [-0.2, -0.15) is 0 Å². The Balaban J connectivity index is 1.94. The highest BCUT2D eigenvalue weighted by molar-refractivity contribution is 5.93. The first-order chi connectivity index (χ1) is 9.28. The summed E-state index contributed by atoms with van der Waals surface area (Å²) < 4.78 is 0. The van der Waals surface area contributed by atoms with Crippen LogP contribution in [0.3, 0.4) is 0 Å². The Morgan fingerprint density at radius 2 is 1.95 bits per heavy atom. The first-order valence-electron chi connectivity index (χ1n) is 6.83. The fourth-order valence-corrected chi connectivity index (χ4v) is 2.67. The van der Waals surface area contributed by atoms with Crippen molar-refractivity contribution in [1.29, 1.82) is 0 Å². The van der Waals surface area contributed by atoms with Crippen molar-refractivity contribution < 1.29 is 5.11 Å². The van der Waals surface area contributed by atoms with Gasteiger partial charge in [0.05, 0.1) is 0 Å². The van der Waals surface area contributed by atoms with Gasteiger partial charge in [-0.1, -0.05) is 13.0 Å². The molecule has 0 atom stereocenters. The van der Waals surface area contributed by atoms with Crippen molar-refractivity contribution >= 4 is 16.6 Å². The van der Waals surface area contributed by atoms with Crippen molar-refractivity contribution in [3.8, 4) is 5.75 Å². The molecule has 1 aromatic carbocycles. The Hall–Kier alpha value is -1.81. The fourth-order valence-electron chi connectivity index (χ4n) is 2.67. The van der Waals surface area contributed by atoms with E-state index in [4.69, 9.17) is 0 Å². The number of benzene rings is 1. The summed E-state index contributed by atoms with van der Waals surface area (Å²) in [6.07, 6.45) is 1.85. The van der Waals surface area contributed by atoms with Gasteiger partial charge in [-0.25, -0.2) is 4.98 Å². The molecular formula is C15H19N3O. The highest BCUT2D eigenvalue weighted by atomic mass is 16.3. The predicted octanol–water partition coefficient (Wildman–Crippen LogP) is 2.08. The number of likely N-dealkylation sites (N-methyl/N-ethyl adjacent to an activating group) is 1. The first kappa shape index (κ1) is 12.2. The molecule has 0 saturated carbocycles. The van der Waals surface area contributed by atoms with Crippen molar-refractivity contribution in [1.82, 2.24) is 9.88 Å². The number of phenolic OH excluding ortho intramolecular Hbond substituents is 1. The third-order valence-corrected chi connectivity index (χ3v) is 3.85. The largest absolute Gasteiger partial charge is 0.508 e. The molecule has 0 bridgehead atoms. The number of anilines is 1. The lowest BCUT2D eigenvalue weighted by Crippen LogP contribution is -2.46. The minimum Gasteiger partial charge on any atom is -0.508 e. The molecule has 1 N–H and O–H groups in total. The van der Waals surface area contributed by atoms with E-state index in [9.17, 15) is 5.11 Å². The van der Waals surface area contributed by atoms with Gasteiger partial charge in [-0.05, 0) is 30.1 Å². The fraction of sp³-hybridized carbons (Fsp3) is 0.400. The number of hydrogen-bond acceptors (Lipinski definition) is 4. The number of piperazine rings is 1. The van der Waals surface area contributed by atoms with E-state index in [0.717, 1.165) is 49.3 Å². The summed E-state index contributed by atoms with van der Waals surface area (Å²) in [4.78, 5) is 9.28. The maximum atomic E-state index is 9.68. The molecular weight excluding hydrogens is 238 g/mol. The third kappa shape index (κ3) is 2.36. The maximum Gasteiger partial charge on any atom is 0.136 e. The number of aromatic nitrogens is 1. The molecule has 0 radical (unpaired) electrons. The van der Waals surface area contributed by atoms with Crippen LogP contribution in [-0.2, 0) is 0 Å². The van der Waals surface area contributed by atoms with Gasteiger partial charge in [-0.15, -0.1) is 0 Å². The molecule has 1 aromatic heterocycles. The SMILES string of the molecule is CCN1CCN(c2nccc3ccc(O)cc23)CC1. The van der Waals surface area contributed by atoms with E-state index in [-0.39, 0.29) is 0 Å². The Morgan fingerprint density at radius 1 is 1.16 bits per heavy atom. The second kappa shape index (κ2) is 5.05. The molecule has 0 unspecified atom stereocenters. The van der Waals surface area contributed by atoms with Gasteiger partial charge < -0.3 is 14.9 Å². The zero-order chi connectivity index (χ0) is 13.2. The number of phenols is 1. The molecule has 4 nitrogen and oxygen atoms in total. The van der Waals surface area contributed by atoms with Crippen molar-refractivity contribution in [2.24, 2.45) is 0 Å². The van der Waals surface area contributed by atoms with Crippen LogP contribution in [0.1, 0.15) is 6.92 Å². The molecule has 1 aliphatic heterocycles. The van der Waals surface area contributed by atoms with E-state index in [1.54, 1.807) is 6.07 Å². The molecule has 1 aliphatic rings. The zero-order valence-corrected chi connectivity index (χ0v) is 11.2. The Kier molecular flexibility index (Phi) is 3.25. The number of rotatable bonds is 2. The van der Waals surface area contributed by atoms with E-state index in [1.165, 1.54) is 0 Å². The number of pyridine rings is 1. The molecule has 100 valence electrons. The van der Waals surface area contributed by atoms with Crippen LogP contribution in [0.15, 0.2) is 30.5 Å². The minimum absolute atomic E-state index is 0.300. The van der Waals surface area contributed by atoms with Crippen molar-refractivity contribution in [3.05, 3.63) is 30.5 Å². The van der Waals surface area contributed by atoms with Crippen LogP contribution in [0.5, 0.6) is 5.75 Å². The summed E-state index contributed by atoms with van der Waals surface area (Å²) in [6, 6.07) is 7.46. The Morgan fingerprint density at radius 3 is 2.68 bits per heavy atom. The summed E-state index contributed by atoms with van der Waals surface area (Å²) in [5.41, 5.74) is 0. The number of hydrogen-bond donors (Lipinski definition) is 1. The van der Waals surface area contributed by atoms with E-state index in [1.807, 2.05) is 24.4 Å². The van der Waals surface area contributed by atoms with Crippen LogP contribution < -0.4 is 4.90 Å². The minimum atomic E-state index is 0.300. The molecule has 1 saturated heterocycles. The van der Waals surface area contributed by atoms with E-state index >= 15 is 0 Å². The van der Waals surface area contributed by atoms with Crippen LogP contribution >= 0.6 is 0 Å². The number of nitrogens with zero attached hydrogens (tertiary/aromatic N) is 3. The summed E-state index contributed by atoms with van der Waals surface area (Å²) in [5, 5.41) is 11.8. The van der Waals surface area contributed by atoms with Crippen LogP contribution in [0.4, 0.5) is 5.82 Å². The van der Waals surface area contributed by atoms with Crippen LogP contribution in [-0.4, -0.2) is 47.7 Å². The number of aromatic hydroxyl groups is 1. The maximum absolute atomic E-state index is 9.68. The molecule has 4 heteroatoms. The molecule has 2 aromatic rings. The second-order valence-electron chi connectivity index (χ2n) is 4.96. The van der Waals surface area contributed by atoms with Gasteiger partial charge in [0.15, 0.2) is 0 Å². The van der Waals surface area contributed by atoms with E-state index < -0.39 is 0 Å². The quantitative estimate of drug-likeness (QED) is 0.894. The van der Waals surface area contributed by atoms with Crippen molar-refractivity contribution in [2.45, 2.75) is 6.92 Å². The molecule has 1 fully saturated rings. The average Bonchev–Trinajstić information content (AvgIpc) is 2.47. The first-order valence-corrected chi connectivity index (χ1v) is 6.83. The smallest absolute Gasteiger partial charge is 0.136 e. The molecule has 19 heavy (non-hydrogen) atoms. The van der Waals surface area contributed by atoms with E-state index in [0.29, 0.717) is 5.75 Å². The Bertz CT molecular complexity index is 577. The lowest BCUT2D eigenvalue weighted by atomic mass is 10.1. The standard InChI is InChI=1S/C15H19N3O/c1-2-17-7-9-18(10-8-17)15-14-11-13(19)4-3-12(14)5-6-16-15/h3-6,11,19H,2,7-10H2,1H3. The van der Waals surface area contributed by atoms with Gasteiger partial charge in [0.25, 0.3) is 0 Å². The summed E-state index contributed by atoms with van der Waals surface area (Å²) >= 11 is 0. The summed E-state index contributed by atoms with van der Waals surface area (Å²) in [5.74, 6) is 1.29. The monoisotopic (exact) mass is 257 g/mol. The van der Waals surface area contributed by atoms with Crippen LogP contribution in [0, 0.1) is 0 Å². The lowest BCUT2D eigenvalue weighted by Gasteiger charge is -2.35. The topological polar surface area (TPSA) is 39.6 Å². The zero-order valence-electron chi connectivity index (χ0n) is 11.2. The average molecular weight is 257 g/mol. The van der Waals surface area contributed by atoms with Gasteiger partial charge in [0, 0.05) is 37.8 Å². The van der Waals surface area contributed by atoms with E-state index in [2.05, 4.69) is 21.7 Å². The highest BCUT2D eigenvalue weighted by Gasteiger charge is 2.18. The van der Waals surface area contributed by atoms with Gasteiger partial charge >= 0.3 is 0 Å². The van der Waals surface area contributed by atoms with Crippen LogP contribution in [0.2, 0.25) is 0 Å². The third-order valence-electron chi connectivity index (χ3n) is 3.85. The normalized spacial score (nSPS) is 17.0. The van der Waals surface area contributed by atoms with Gasteiger partial charge in [0.2, 0.25) is 0 Å². The van der Waals surface area contributed by atoms with Crippen molar-refractivity contribution in [3.63, 3.8) is 0 Å². The molecule has 3 rings (SSSR count). The lowest BCUT2D eigenvalue weighted by molar-refractivity contribution is 0.271. The number of fused-ring (bicyclic) bond motifs is 1. The van der Waals surface area contributed by atoms with Crippen molar-refractivity contribution in [2.75, 3.05) is 37.6 Å². The molecule has 0 aliphatic carbocycles. The second-order valence-corrected chi connectivity index (χ2v) is 4.96. The van der Waals surface area contributed by atoms with Gasteiger partial charge in [-0.3, -0.25) is 0 Å².